The number of hydrogen-bond donors (Lipinski definition) is 2. The van der Waals surface area contributed by atoms with E-state index in [2.05, 4.69) is 5.43 Å². The van der Waals surface area contributed by atoms with Crippen LogP contribution in [0.3, 0.4) is 0 Å². The quantitative estimate of drug-likeness (QED) is 0.576. The van der Waals surface area contributed by atoms with Crippen LogP contribution in [0.25, 0.3) is 0 Å². The average Bonchev–Trinajstić information content (AvgIpc) is 2.28. The summed E-state index contributed by atoms with van der Waals surface area (Å²) in [5, 5.41) is 8.98. The first-order valence-corrected chi connectivity index (χ1v) is 4.30. The van der Waals surface area contributed by atoms with Gasteiger partial charge in [-0.1, -0.05) is 0 Å². The van der Waals surface area contributed by atoms with E-state index < -0.39 is 11.4 Å². The van der Waals surface area contributed by atoms with Gasteiger partial charge in [0.05, 0.1) is 13.2 Å². The van der Waals surface area contributed by atoms with E-state index in [9.17, 15) is 4.39 Å². The number of ether oxygens (including phenoxy) is 1. The molecule has 0 heterocycles. The highest BCUT2D eigenvalue weighted by Gasteiger charge is 2.28. The molecule has 80 valence electrons. The fourth-order valence-corrected chi connectivity index (χ4v) is 1.24. The van der Waals surface area contributed by atoms with E-state index in [0.29, 0.717) is 11.3 Å². The molecular formula is C10H12FN3O. The van der Waals surface area contributed by atoms with Gasteiger partial charge >= 0.3 is 0 Å². The molecule has 0 aromatic heterocycles. The summed E-state index contributed by atoms with van der Waals surface area (Å²) < 4.78 is 18.1. The van der Waals surface area contributed by atoms with Gasteiger partial charge in [0, 0.05) is 5.56 Å². The standard InChI is InChI=1S/C10H12FN3O/c1-10(6-12,14-13)8-5-7(11)3-4-9(8)15-2/h3-5,14H,13H2,1-2H3. The fourth-order valence-electron chi connectivity index (χ4n) is 1.24. The van der Waals surface area contributed by atoms with Gasteiger partial charge in [-0.15, -0.1) is 0 Å². The summed E-state index contributed by atoms with van der Waals surface area (Å²) in [5.41, 5.74) is 1.54. The highest BCUT2D eigenvalue weighted by atomic mass is 19.1. The summed E-state index contributed by atoms with van der Waals surface area (Å²) in [6.45, 7) is 1.55. The van der Waals surface area contributed by atoms with Crippen LogP contribution >= 0.6 is 0 Å². The molecule has 15 heavy (non-hydrogen) atoms. The second-order valence-corrected chi connectivity index (χ2v) is 3.23. The van der Waals surface area contributed by atoms with Crippen molar-refractivity contribution in [2.24, 2.45) is 5.84 Å². The largest absolute Gasteiger partial charge is 0.496 e. The van der Waals surface area contributed by atoms with Crippen molar-refractivity contribution in [1.82, 2.24) is 5.43 Å². The van der Waals surface area contributed by atoms with Crippen molar-refractivity contribution in [1.29, 1.82) is 5.26 Å². The lowest BCUT2D eigenvalue weighted by atomic mass is 9.93. The number of rotatable bonds is 3. The summed E-state index contributed by atoms with van der Waals surface area (Å²) in [4.78, 5) is 0. The van der Waals surface area contributed by atoms with Gasteiger partial charge in [0.25, 0.3) is 0 Å². The number of hydrogen-bond acceptors (Lipinski definition) is 4. The molecule has 1 atom stereocenters. The van der Waals surface area contributed by atoms with Gasteiger partial charge in [0.1, 0.15) is 17.1 Å². The zero-order valence-corrected chi connectivity index (χ0v) is 8.54. The maximum Gasteiger partial charge on any atom is 0.145 e. The normalized spacial score (nSPS) is 14.1. The van der Waals surface area contributed by atoms with Crippen molar-refractivity contribution < 1.29 is 9.13 Å². The number of methoxy groups -OCH3 is 1. The molecule has 0 aliphatic rings. The summed E-state index contributed by atoms with van der Waals surface area (Å²) >= 11 is 0. The second kappa shape index (κ2) is 4.26. The maximum atomic E-state index is 13.1. The SMILES string of the molecule is COc1ccc(F)cc1C(C)(C#N)NN. The summed E-state index contributed by atoms with van der Waals surface area (Å²) in [6, 6.07) is 5.90. The third kappa shape index (κ3) is 2.06. The number of benzene rings is 1. The van der Waals surface area contributed by atoms with Gasteiger partial charge in [-0.25, -0.2) is 9.82 Å². The van der Waals surface area contributed by atoms with Crippen molar-refractivity contribution in [3.8, 4) is 11.8 Å². The maximum absolute atomic E-state index is 13.1. The van der Waals surface area contributed by atoms with Crippen molar-refractivity contribution in [3.63, 3.8) is 0 Å². The third-order valence-electron chi connectivity index (χ3n) is 2.21. The lowest BCUT2D eigenvalue weighted by Gasteiger charge is -2.23. The van der Waals surface area contributed by atoms with Crippen LogP contribution in [0.5, 0.6) is 5.75 Å². The van der Waals surface area contributed by atoms with Gasteiger partial charge in [-0.05, 0) is 25.1 Å². The lowest BCUT2D eigenvalue weighted by molar-refractivity contribution is 0.385. The molecule has 5 heteroatoms. The molecule has 3 N–H and O–H groups in total. The van der Waals surface area contributed by atoms with Crippen LogP contribution in [0.15, 0.2) is 18.2 Å². The average molecular weight is 209 g/mol. The first-order valence-electron chi connectivity index (χ1n) is 4.30. The Morgan fingerprint density at radius 1 is 1.60 bits per heavy atom. The van der Waals surface area contributed by atoms with Crippen LogP contribution in [-0.2, 0) is 5.54 Å². The molecule has 0 saturated carbocycles. The lowest BCUT2D eigenvalue weighted by Crippen LogP contribution is -2.43. The van der Waals surface area contributed by atoms with Crippen LogP contribution in [-0.4, -0.2) is 7.11 Å². The first-order chi connectivity index (χ1) is 7.07. The fraction of sp³-hybridized carbons (Fsp3) is 0.300. The summed E-state index contributed by atoms with van der Waals surface area (Å²) in [5.74, 6) is 5.25. The molecule has 0 aliphatic carbocycles. The van der Waals surface area contributed by atoms with Crippen molar-refractivity contribution in [3.05, 3.63) is 29.6 Å². The molecule has 0 saturated heterocycles. The highest BCUT2D eigenvalue weighted by Crippen LogP contribution is 2.29. The highest BCUT2D eigenvalue weighted by molar-refractivity contribution is 5.42. The van der Waals surface area contributed by atoms with Gasteiger partial charge in [0.15, 0.2) is 0 Å². The summed E-state index contributed by atoms with van der Waals surface area (Å²) in [6.07, 6.45) is 0. The zero-order valence-electron chi connectivity index (χ0n) is 8.54. The van der Waals surface area contributed by atoms with E-state index in [1.807, 2.05) is 6.07 Å². The molecule has 0 fully saturated rings. The predicted octanol–water partition coefficient (Wildman–Crippen LogP) is 1.04. The van der Waals surface area contributed by atoms with Crippen LogP contribution in [0, 0.1) is 17.1 Å². The van der Waals surface area contributed by atoms with E-state index in [1.54, 1.807) is 6.92 Å². The molecule has 1 rings (SSSR count). The molecule has 0 spiro atoms. The Balaban J connectivity index is 3.34. The number of hydrazine groups is 1. The number of nitrogens with zero attached hydrogens (tertiary/aromatic N) is 1. The van der Waals surface area contributed by atoms with Crippen LogP contribution in [0.1, 0.15) is 12.5 Å². The Labute approximate surface area is 87.4 Å². The number of nitrogens with one attached hydrogen (secondary N) is 1. The monoisotopic (exact) mass is 209 g/mol. The number of nitriles is 1. The van der Waals surface area contributed by atoms with Crippen molar-refractivity contribution >= 4 is 0 Å². The molecule has 1 aromatic carbocycles. The molecule has 0 radical (unpaired) electrons. The molecule has 4 nitrogen and oxygen atoms in total. The minimum atomic E-state index is -1.17. The molecular weight excluding hydrogens is 197 g/mol. The minimum Gasteiger partial charge on any atom is -0.496 e. The van der Waals surface area contributed by atoms with E-state index >= 15 is 0 Å². The molecule has 0 aliphatic heterocycles. The predicted molar refractivity (Wildman–Crippen MR) is 53.2 cm³/mol. The Hall–Kier alpha value is -1.64. The summed E-state index contributed by atoms with van der Waals surface area (Å²) in [7, 11) is 1.45. The molecule has 1 unspecified atom stereocenters. The van der Waals surface area contributed by atoms with Crippen molar-refractivity contribution in [2.75, 3.05) is 7.11 Å². The Morgan fingerprint density at radius 3 is 2.73 bits per heavy atom. The smallest absolute Gasteiger partial charge is 0.145 e. The van der Waals surface area contributed by atoms with Gasteiger partial charge < -0.3 is 4.74 Å². The Morgan fingerprint density at radius 2 is 2.27 bits per heavy atom. The van der Waals surface area contributed by atoms with Gasteiger partial charge in [0.2, 0.25) is 0 Å². The van der Waals surface area contributed by atoms with Crippen LogP contribution in [0.2, 0.25) is 0 Å². The van der Waals surface area contributed by atoms with Gasteiger partial charge in [-0.3, -0.25) is 5.84 Å². The van der Waals surface area contributed by atoms with Crippen LogP contribution < -0.4 is 16.0 Å². The first kappa shape index (κ1) is 11.4. The van der Waals surface area contributed by atoms with E-state index in [-0.39, 0.29) is 0 Å². The topological polar surface area (TPSA) is 71.1 Å². The second-order valence-electron chi connectivity index (χ2n) is 3.23. The number of nitrogens with two attached hydrogens (primary N) is 1. The van der Waals surface area contributed by atoms with E-state index in [1.165, 1.54) is 25.3 Å². The molecule has 0 bridgehead atoms. The minimum absolute atomic E-state index is 0.370. The zero-order chi connectivity index (χ0) is 11.5. The Kier molecular flexibility index (Phi) is 3.24. The molecule has 1 aromatic rings. The third-order valence-corrected chi connectivity index (χ3v) is 2.21. The van der Waals surface area contributed by atoms with E-state index in [0.717, 1.165) is 0 Å². The molecule has 0 amide bonds. The number of halogens is 1. The van der Waals surface area contributed by atoms with E-state index in [4.69, 9.17) is 15.8 Å². The van der Waals surface area contributed by atoms with Crippen molar-refractivity contribution in [2.45, 2.75) is 12.5 Å². The van der Waals surface area contributed by atoms with Crippen LogP contribution in [0.4, 0.5) is 4.39 Å². The Bertz CT molecular complexity index is 402. The van der Waals surface area contributed by atoms with Gasteiger partial charge in [-0.2, -0.15) is 5.26 Å².